The van der Waals surface area contributed by atoms with Gasteiger partial charge >= 0.3 is 5.97 Å². The molecule has 0 saturated heterocycles. The lowest BCUT2D eigenvalue weighted by atomic mass is 10.1. The van der Waals surface area contributed by atoms with E-state index >= 15 is 0 Å². The van der Waals surface area contributed by atoms with Gasteiger partial charge < -0.3 is 14.4 Å². The Kier molecular flexibility index (Phi) is 5.36. The van der Waals surface area contributed by atoms with Gasteiger partial charge in [0.15, 0.2) is 0 Å². The number of carboxylic acid groups (broad SMARTS) is 1. The molecule has 1 N–H and O–H groups in total. The Morgan fingerprint density at radius 2 is 2.11 bits per heavy atom. The Labute approximate surface area is 158 Å². The van der Waals surface area contributed by atoms with Crippen molar-refractivity contribution in [3.05, 3.63) is 46.9 Å². The molecule has 7 nitrogen and oxygen atoms in total. The molecule has 0 spiro atoms. The normalized spacial score (nSPS) is 11.0. The van der Waals surface area contributed by atoms with Crippen LogP contribution >= 0.6 is 11.6 Å². The fraction of sp³-hybridized carbons (Fsp3) is 0.222. The minimum atomic E-state index is -1.35. The van der Waals surface area contributed by atoms with Crippen molar-refractivity contribution in [2.75, 3.05) is 6.61 Å². The van der Waals surface area contributed by atoms with E-state index in [0.29, 0.717) is 29.0 Å². The van der Waals surface area contributed by atoms with Gasteiger partial charge in [-0.15, -0.1) is 0 Å². The van der Waals surface area contributed by atoms with Crippen molar-refractivity contribution in [1.82, 2.24) is 15.1 Å². The minimum absolute atomic E-state index is 0.108. The van der Waals surface area contributed by atoms with E-state index in [1.165, 1.54) is 12.3 Å². The van der Waals surface area contributed by atoms with E-state index in [9.17, 15) is 9.18 Å². The predicted molar refractivity (Wildman–Crippen MR) is 95.2 cm³/mol. The smallest absolute Gasteiger partial charge is 0.338 e. The number of benzene rings is 1. The van der Waals surface area contributed by atoms with Gasteiger partial charge in [-0.05, 0) is 30.2 Å². The highest BCUT2D eigenvalue weighted by molar-refractivity contribution is 6.32. The van der Waals surface area contributed by atoms with Crippen molar-refractivity contribution in [3.63, 3.8) is 0 Å². The number of aromatic nitrogens is 3. The first-order valence-electron chi connectivity index (χ1n) is 8.00. The average molecular weight is 392 g/mol. The summed E-state index contributed by atoms with van der Waals surface area (Å²) in [6, 6.07) is 5.15. The summed E-state index contributed by atoms with van der Waals surface area (Å²) in [4.78, 5) is 19.2. The third kappa shape index (κ3) is 4.22. The molecular formula is C18H15ClFN3O4. The van der Waals surface area contributed by atoms with E-state index in [-0.39, 0.29) is 17.3 Å². The maximum Gasteiger partial charge on any atom is 0.338 e. The molecule has 2 aromatic heterocycles. The molecule has 9 heteroatoms. The molecule has 140 valence electrons. The highest BCUT2D eigenvalue weighted by Gasteiger charge is 2.16. The summed E-state index contributed by atoms with van der Waals surface area (Å²) >= 11 is 6.17. The number of halogens is 2. The molecule has 0 aliphatic rings. The van der Waals surface area contributed by atoms with Gasteiger partial charge in [-0.25, -0.2) is 14.2 Å². The molecule has 0 aliphatic carbocycles. The van der Waals surface area contributed by atoms with Crippen LogP contribution in [0.25, 0.3) is 22.8 Å². The summed E-state index contributed by atoms with van der Waals surface area (Å²) in [6.45, 7) is 4.50. The molecule has 3 rings (SSSR count). The Balaban J connectivity index is 1.84. The van der Waals surface area contributed by atoms with Crippen LogP contribution in [0.5, 0.6) is 5.88 Å². The van der Waals surface area contributed by atoms with E-state index < -0.39 is 17.3 Å². The second-order valence-electron chi connectivity index (χ2n) is 6.14. The topological polar surface area (TPSA) is 98.3 Å². The number of rotatable bonds is 6. The molecule has 0 atom stereocenters. The monoisotopic (exact) mass is 391 g/mol. The average Bonchev–Trinajstić information content (AvgIpc) is 3.10. The number of hydrogen-bond donors (Lipinski definition) is 1. The molecule has 0 aliphatic heterocycles. The van der Waals surface area contributed by atoms with E-state index in [1.54, 1.807) is 6.07 Å². The predicted octanol–water partition coefficient (Wildman–Crippen LogP) is 4.32. The molecule has 0 bridgehead atoms. The van der Waals surface area contributed by atoms with Crippen LogP contribution in [0.2, 0.25) is 5.02 Å². The number of ether oxygens (including phenoxy) is 1. The third-order valence-electron chi connectivity index (χ3n) is 3.49. The lowest BCUT2D eigenvalue weighted by molar-refractivity contribution is 0.0692. The number of carboxylic acids is 1. The summed E-state index contributed by atoms with van der Waals surface area (Å²) in [6.07, 6.45) is 1.48. The van der Waals surface area contributed by atoms with Crippen LogP contribution in [0.1, 0.15) is 24.2 Å². The lowest BCUT2D eigenvalue weighted by Gasteiger charge is -2.09. The van der Waals surface area contributed by atoms with Crippen molar-refractivity contribution < 1.29 is 23.6 Å². The quantitative estimate of drug-likeness (QED) is 0.667. The van der Waals surface area contributed by atoms with Crippen LogP contribution in [0, 0.1) is 11.7 Å². The van der Waals surface area contributed by atoms with Gasteiger partial charge in [0, 0.05) is 11.8 Å². The van der Waals surface area contributed by atoms with Gasteiger partial charge in [0.2, 0.25) is 11.7 Å². The Bertz CT molecular complexity index is 990. The zero-order valence-electron chi connectivity index (χ0n) is 14.4. The number of aromatic carboxylic acids is 1. The van der Waals surface area contributed by atoms with Gasteiger partial charge in [0.1, 0.15) is 10.8 Å². The van der Waals surface area contributed by atoms with Crippen molar-refractivity contribution in [2.24, 2.45) is 5.92 Å². The fourth-order valence-electron chi connectivity index (χ4n) is 2.18. The summed E-state index contributed by atoms with van der Waals surface area (Å²) < 4.78 is 24.5. The molecule has 0 saturated carbocycles. The van der Waals surface area contributed by atoms with Crippen molar-refractivity contribution in [2.45, 2.75) is 13.8 Å². The zero-order valence-corrected chi connectivity index (χ0v) is 15.2. The van der Waals surface area contributed by atoms with Gasteiger partial charge in [-0.1, -0.05) is 30.6 Å². The third-order valence-corrected chi connectivity index (χ3v) is 3.76. The molecule has 3 aromatic rings. The maximum absolute atomic E-state index is 13.8. The number of pyridine rings is 1. The Morgan fingerprint density at radius 3 is 2.74 bits per heavy atom. The summed E-state index contributed by atoms with van der Waals surface area (Å²) in [5.41, 5.74) is 0.317. The van der Waals surface area contributed by atoms with Crippen LogP contribution in [-0.2, 0) is 0 Å². The number of carbonyl (C=O) groups is 1. The summed E-state index contributed by atoms with van der Waals surface area (Å²) in [5.74, 6) is -1.36. The van der Waals surface area contributed by atoms with Gasteiger partial charge in [-0.2, -0.15) is 4.98 Å². The first-order chi connectivity index (χ1) is 12.8. The number of nitrogens with zero attached hydrogens (tertiary/aromatic N) is 3. The number of hydrogen-bond acceptors (Lipinski definition) is 6. The van der Waals surface area contributed by atoms with Gasteiger partial charge in [0.05, 0.1) is 17.7 Å². The van der Waals surface area contributed by atoms with Gasteiger partial charge in [-0.3, -0.25) is 0 Å². The maximum atomic E-state index is 13.8. The Morgan fingerprint density at radius 1 is 1.33 bits per heavy atom. The van der Waals surface area contributed by atoms with Crippen molar-refractivity contribution in [1.29, 1.82) is 0 Å². The largest absolute Gasteiger partial charge is 0.478 e. The molecule has 0 fully saturated rings. The SMILES string of the molecule is CC(C)COc1ncc(-c2nc(-c3ccc(C(=O)O)c(F)c3)no2)cc1Cl. The van der Waals surface area contributed by atoms with Crippen LogP contribution in [0.15, 0.2) is 35.0 Å². The first-order valence-corrected chi connectivity index (χ1v) is 8.38. The lowest BCUT2D eigenvalue weighted by Crippen LogP contribution is -2.06. The highest BCUT2D eigenvalue weighted by atomic mass is 35.5. The van der Waals surface area contributed by atoms with Crippen LogP contribution in [-0.4, -0.2) is 32.8 Å². The van der Waals surface area contributed by atoms with Crippen LogP contribution in [0.3, 0.4) is 0 Å². The van der Waals surface area contributed by atoms with E-state index in [4.69, 9.17) is 26.0 Å². The molecule has 1 aromatic carbocycles. The molecular weight excluding hydrogens is 377 g/mol. The second-order valence-corrected chi connectivity index (χ2v) is 6.55. The highest BCUT2D eigenvalue weighted by Crippen LogP contribution is 2.29. The van der Waals surface area contributed by atoms with E-state index in [2.05, 4.69) is 15.1 Å². The first kappa shape index (κ1) is 18.8. The minimum Gasteiger partial charge on any atom is -0.478 e. The molecule has 2 heterocycles. The molecule has 0 radical (unpaired) electrons. The van der Waals surface area contributed by atoms with E-state index in [1.807, 2.05) is 13.8 Å². The molecule has 27 heavy (non-hydrogen) atoms. The Hall–Kier alpha value is -3.00. The summed E-state index contributed by atoms with van der Waals surface area (Å²) in [7, 11) is 0. The molecule has 0 amide bonds. The van der Waals surface area contributed by atoms with Crippen molar-refractivity contribution >= 4 is 17.6 Å². The fourth-order valence-corrected chi connectivity index (χ4v) is 2.40. The summed E-state index contributed by atoms with van der Waals surface area (Å²) in [5, 5.41) is 13.0. The van der Waals surface area contributed by atoms with Crippen LogP contribution in [0.4, 0.5) is 4.39 Å². The van der Waals surface area contributed by atoms with Crippen molar-refractivity contribution in [3.8, 4) is 28.7 Å². The van der Waals surface area contributed by atoms with Crippen LogP contribution < -0.4 is 4.74 Å². The van der Waals surface area contributed by atoms with E-state index in [0.717, 1.165) is 12.1 Å². The van der Waals surface area contributed by atoms with Gasteiger partial charge in [0.25, 0.3) is 5.89 Å². The zero-order chi connectivity index (χ0) is 19.6. The molecule has 0 unspecified atom stereocenters. The standard InChI is InChI=1S/C18H15ClFN3O4/c1-9(2)8-26-17-13(19)5-11(7-21-17)16-22-15(23-27-16)10-3-4-12(18(24)25)14(20)6-10/h3-7,9H,8H2,1-2H3,(H,24,25). The second kappa shape index (κ2) is 7.71.